The highest BCUT2D eigenvalue weighted by atomic mass is 35.5. The fourth-order valence-electron chi connectivity index (χ4n) is 2.58. The molecule has 1 saturated heterocycles. The Hall–Kier alpha value is -1.85. The molecular formula is C17H18ClN3OS. The summed E-state index contributed by atoms with van der Waals surface area (Å²) in [5.74, 6) is -0.0485. The Bertz CT molecular complexity index is 662. The summed E-state index contributed by atoms with van der Waals surface area (Å²) >= 11 is 7.50. The maximum Gasteiger partial charge on any atom is 0.244 e. The molecule has 1 aliphatic rings. The van der Waals surface area contributed by atoms with Gasteiger partial charge in [-0.2, -0.15) is 0 Å². The van der Waals surface area contributed by atoms with Crippen molar-refractivity contribution in [1.82, 2.24) is 10.3 Å². The fraction of sp³-hybridized carbons (Fsp3) is 0.294. The highest BCUT2D eigenvalue weighted by Crippen LogP contribution is 2.21. The van der Waals surface area contributed by atoms with Crippen molar-refractivity contribution in [2.45, 2.75) is 18.9 Å². The zero-order chi connectivity index (χ0) is 16.1. The van der Waals surface area contributed by atoms with Crippen molar-refractivity contribution in [3.63, 3.8) is 0 Å². The predicted octanol–water partition coefficient (Wildman–Crippen LogP) is 3.59. The van der Waals surface area contributed by atoms with Crippen LogP contribution < -0.4 is 10.2 Å². The summed E-state index contributed by atoms with van der Waals surface area (Å²) in [6.45, 7) is 1.86. The van der Waals surface area contributed by atoms with Crippen LogP contribution in [-0.2, 0) is 4.79 Å². The first-order valence-corrected chi connectivity index (χ1v) is 8.85. The number of rotatable bonds is 4. The number of nitrogens with one attached hydrogen (secondary N) is 1. The first kappa shape index (κ1) is 16.0. The summed E-state index contributed by atoms with van der Waals surface area (Å²) in [5, 5.41) is 6.82. The smallest absolute Gasteiger partial charge is 0.244 e. The van der Waals surface area contributed by atoms with Crippen LogP contribution in [0.1, 0.15) is 18.4 Å². The molecule has 2 heterocycles. The quantitative estimate of drug-likeness (QED) is 0.859. The van der Waals surface area contributed by atoms with E-state index < -0.39 is 0 Å². The fourth-order valence-corrected chi connectivity index (χ4v) is 3.41. The third kappa shape index (κ3) is 4.56. The summed E-state index contributed by atoms with van der Waals surface area (Å²) in [5.41, 5.74) is 0.961. The van der Waals surface area contributed by atoms with Gasteiger partial charge in [0.25, 0.3) is 0 Å². The van der Waals surface area contributed by atoms with E-state index in [2.05, 4.69) is 15.2 Å². The van der Waals surface area contributed by atoms with Crippen LogP contribution in [0.25, 0.3) is 6.08 Å². The van der Waals surface area contributed by atoms with E-state index in [1.165, 1.54) is 0 Å². The Morgan fingerprint density at radius 1 is 1.30 bits per heavy atom. The third-order valence-electron chi connectivity index (χ3n) is 3.83. The molecule has 1 aliphatic heterocycles. The minimum Gasteiger partial charge on any atom is -0.350 e. The zero-order valence-electron chi connectivity index (χ0n) is 12.6. The van der Waals surface area contributed by atoms with Gasteiger partial charge in [0, 0.05) is 41.8 Å². The lowest BCUT2D eigenvalue weighted by Gasteiger charge is -2.31. The molecule has 1 fully saturated rings. The van der Waals surface area contributed by atoms with Crippen LogP contribution in [-0.4, -0.2) is 30.0 Å². The maximum atomic E-state index is 12.0. The number of anilines is 1. The Labute approximate surface area is 144 Å². The molecule has 0 radical (unpaired) electrons. The predicted molar refractivity (Wildman–Crippen MR) is 96.0 cm³/mol. The Kier molecular flexibility index (Phi) is 5.31. The van der Waals surface area contributed by atoms with E-state index in [0.717, 1.165) is 36.6 Å². The summed E-state index contributed by atoms with van der Waals surface area (Å²) in [6, 6.07) is 7.63. The molecule has 0 unspecified atom stereocenters. The Balaban J connectivity index is 1.46. The first-order chi connectivity index (χ1) is 11.2. The molecular weight excluding hydrogens is 330 g/mol. The highest BCUT2D eigenvalue weighted by Gasteiger charge is 2.21. The average Bonchev–Trinajstić information content (AvgIpc) is 3.09. The van der Waals surface area contributed by atoms with Crippen LogP contribution >= 0.6 is 22.9 Å². The highest BCUT2D eigenvalue weighted by molar-refractivity contribution is 7.13. The zero-order valence-corrected chi connectivity index (χ0v) is 14.2. The van der Waals surface area contributed by atoms with E-state index in [4.69, 9.17) is 11.6 Å². The molecule has 0 bridgehead atoms. The average molecular weight is 348 g/mol. The molecule has 0 aliphatic carbocycles. The molecule has 120 valence electrons. The van der Waals surface area contributed by atoms with Gasteiger partial charge in [-0.05, 0) is 36.6 Å². The van der Waals surface area contributed by atoms with Gasteiger partial charge < -0.3 is 10.2 Å². The topological polar surface area (TPSA) is 45.2 Å². The molecule has 0 saturated carbocycles. The Morgan fingerprint density at radius 2 is 2.04 bits per heavy atom. The summed E-state index contributed by atoms with van der Waals surface area (Å²) < 4.78 is 0. The van der Waals surface area contributed by atoms with Crippen molar-refractivity contribution in [2.24, 2.45) is 0 Å². The van der Waals surface area contributed by atoms with Gasteiger partial charge in [-0.25, -0.2) is 4.98 Å². The second-order valence-electron chi connectivity index (χ2n) is 5.47. The number of piperidine rings is 1. The van der Waals surface area contributed by atoms with E-state index in [1.807, 2.05) is 35.8 Å². The van der Waals surface area contributed by atoms with Crippen LogP contribution in [0.3, 0.4) is 0 Å². The molecule has 2 aromatic rings. The van der Waals surface area contributed by atoms with E-state index in [-0.39, 0.29) is 11.9 Å². The van der Waals surface area contributed by atoms with Crippen molar-refractivity contribution in [3.05, 3.63) is 52.5 Å². The Morgan fingerprint density at radius 3 is 2.70 bits per heavy atom. The number of aromatic nitrogens is 1. The van der Waals surface area contributed by atoms with Crippen molar-refractivity contribution >= 4 is 40.1 Å². The van der Waals surface area contributed by atoms with Crippen LogP contribution in [0, 0.1) is 0 Å². The minimum atomic E-state index is -0.0485. The minimum absolute atomic E-state index is 0.0485. The number of amides is 1. The van der Waals surface area contributed by atoms with Gasteiger partial charge in [-0.1, -0.05) is 23.7 Å². The number of halogens is 1. The molecule has 1 amide bonds. The van der Waals surface area contributed by atoms with E-state index in [0.29, 0.717) is 5.02 Å². The second kappa shape index (κ2) is 7.62. The number of carbonyl (C=O) groups excluding carboxylic acids is 1. The van der Waals surface area contributed by atoms with Crippen molar-refractivity contribution < 1.29 is 4.79 Å². The second-order valence-corrected chi connectivity index (χ2v) is 6.78. The number of benzene rings is 1. The summed E-state index contributed by atoms with van der Waals surface area (Å²) in [7, 11) is 0. The number of hydrogen-bond donors (Lipinski definition) is 1. The largest absolute Gasteiger partial charge is 0.350 e. The van der Waals surface area contributed by atoms with Gasteiger partial charge in [0.05, 0.1) is 0 Å². The van der Waals surface area contributed by atoms with E-state index in [1.54, 1.807) is 23.5 Å². The van der Waals surface area contributed by atoms with Crippen LogP contribution in [0.4, 0.5) is 5.13 Å². The number of thiazole rings is 1. The molecule has 0 atom stereocenters. The third-order valence-corrected chi connectivity index (χ3v) is 4.91. The molecule has 1 aromatic carbocycles. The van der Waals surface area contributed by atoms with E-state index >= 15 is 0 Å². The normalized spacial score (nSPS) is 16.0. The lowest BCUT2D eigenvalue weighted by atomic mass is 10.1. The molecule has 1 aromatic heterocycles. The lowest BCUT2D eigenvalue weighted by Crippen LogP contribution is -2.44. The van der Waals surface area contributed by atoms with Crippen molar-refractivity contribution in [3.8, 4) is 0 Å². The van der Waals surface area contributed by atoms with Crippen LogP contribution in [0.15, 0.2) is 41.9 Å². The van der Waals surface area contributed by atoms with Gasteiger partial charge in [-0.3, -0.25) is 4.79 Å². The number of nitrogens with zero attached hydrogens (tertiary/aromatic N) is 2. The molecule has 6 heteroatoms. The summed E-state index contributed by atoms with van der Waals surface area (Å²) in [6.07, 6.45) is 7.10. The van der Waals surface area contributed by atoms with E-state index in [9.17, 15) is 4.79 Å². The van der Waals surface area contributed by atoms with Gasteiger partial charge in [0.1, 0.15) is 0 Å². The molecule has 0 spiro atoms. The first-order valence-electron chi connectivity index (χ1n) is 7.59. The molecule has 4 nitrogen and oxygen atoms in total. The van der Waals surface area contributed by atoms with Gasteiger partial charge >= 0.3 is 0 Å². The van der Waals surface area contributed by atoms with Crippen LogP contribution in [0.5, 0.6) is 0 Å². The lowest BCUT2D eigenvalue weighted by molar-refractivity contribution is -0.117. The molecule has 23 heavy (non-hydrogen) atoms. The summed E-state index contributed by atoms with van der Waals surface area (Å²) in [4.78, 5) is 18.6. The maximum absolute atomic E-state index is 12.0. The van der Waals surface area contributed by atoms with Crippen molar-refractivity contribution in [1.29, 1.82) is 0 Å². The van der Waals surface area contributed by atoms with Crippen LogP contribution in [0.2, 0.25) is 5.02 Å². The van der Waals surface area contributed by atoms with Gasteiger partial charge in [-0.15, -0.1) is 11.3 Å². The SMILES string of the molecule is O=C(/C=C/c1ccc(Cl)cc1)NC1CCN(c2nccs2)CC1. The monoisotopic (exact) mass is 347 g/mol. The molecule has 1 N–H and O–H groups in total. The van der Waals surface area contributed by atoms with Crippen molar-refractivity contribution in [2.75, 3.05) is 18.0 Å². The van der Waals surface area contributed by atoms with Gasteiger partial charge in [0.2, 0.25) is 5.91 Å². The molecule has 3 rings (SSSR count). The number of carbonyl (C=O) groups is 1. The van der Waals surface area contributed by atoms with Gasteiger partial charge in [0.15, 0.2) is 5.13 Å². The number of hydrogen-bond acceptors (Lipinski definition) is 4. The standard InChI is InChI=1S/C17H18ClN3OS/c18-14-4-1-13(2-5-14)3-6-16(22)20-15-7-10-21(11-8-15)17-19-9-12-23-17/h1-6,9,12,15H,7-8,10-11H2,(H,20,22)/b6-3+.